The Morgan fingerprint density at radius 3 is 2.27 bits per heavy atom. The molecule has 0 N–H and O–H groups in total. The van der Waals surface area contributed by atoms with Gasteiger partial charge in [0, 0.05) is 18.6 Å². The summed E-state index contributed by atoms with van der Waals surface area (Å²) in [6, 6.07) is 0. The van der Waals surface area contributed by atoms with Gasteiger partial charge in [0.15, 0.2) is 0 Å². The molecular weight excluding hydrogens is 136 g/mol. The van der Waals surface area contributed by atoms with Gasteiger partial charge < -0.3 is 4.90 Å². The Bertz CT molecular complexity index is 132. The molecule has 0 unspecified atom stereocenters. The summed E-state index contributed by atoms with van der Waals surface area (Å²) in [5.74, 6) is 0. The lowest BCUT2D eigenvalue weighted by Crippen LogP contribution is -2.41. The van der Waals surface area contributed by atoms with Crippen LogP contribution in [0.3, 0.4) is 0 Å². The first-order chi connectivity index (χ1) is 5.02. The molecule has 2 nitrogen and oxygen atoms in total. The number of hydrogen-bond donors (Lipinski definition) is 0. The minimum atomic E-state index is 0.394. The second kappa shape index (κ2) is 3.11. The van der Waals surface area contributed by atoms with E-state index in [1.54, 1.807) is 0 Å². The Morgan fingerprint density at radius 1 is 1.00 bits per heavy atom. The Hall–Kier alpha value is -0.0800. The van der Waals surface area contributed by atoms with Crippen molar-refractivity contribution >= 4 is 0 Å². The van der Waals surface area contributed by atoms with E-state index in [1.807, 2.05) is 0 Å². The van der Waals surface area contributed by atoms with E-state index in [0.717, 1.165) is 0 Å². The zero-order valence-electron chi connectivity index (χ0n) is 8.22. The summed E-state index contributed by atoms with van der Waals surface area (Å²) in [5.41, 5.74) is 0.394. The first-order valence-corrected chi connectivity index (χ1v) is 4.42. The SMILES string of the molecule is CN1CCN(C)C(C)(C)CC1. The molecule has 0 aromatic carbocycles. The van der Waals surface area contributed by atoms with E-state index in [1.165, 1.54) is 26.1 Å². The normalized spacial score (nSPS) is 28.4. The van der Waals surface area contributed by atoms with Gasteiger partial charge in [0.05, 0.1) is 0 Å². The molecule has 1 heterocycles. The van der Waals surface area contributed by atoms with Gasteiger partial charge in [-0.2, -0.15) is 0 Å². The van der Waals surface area contributed by atoms with Crippen LogP contribution in [-0.4, -0.2) is 49.1 Å². The number of hydrogen-bond acceptors (Lipinski definition) is 2. The van der Waals surface area contributed by atoms with Gasteiger partial charge in [-0.3, -0.25) is 4.90 Å². The number of rotatable bonds is 0. The molecule has 0 aliphatic carbocycles. The summed E-state index contributed by atoms with van der Waals surface area (Å²) < 4.78 is 0. The van der Waals surface area contributed by atoms with Crippen LogP contribution in [-0.2, 0) is 0 Å². The zero-order chi connectivity index (χ0) is 8.48. The van der Waals surface area contributed by atoms with Gasteiger partial charge in [0.1, 0.15) is 0 Å². The summed E-state index contributed by atoms with van der Waals surface area (Å²) >= 11 is 0. The average molecular weight is 156 g/mol. The van der Waals surface area contributed by atoms with Gasteiger partial charge in [-0.25, -0.2) is 0 Å². The summed E-state index contributed by atoms with van der Waals surface area (Å²) in [7, 11) is 4.42. The van der Waals surface area contributed by atoms with E-state index in [2.05, 4.69) is 37.7 Å². The van der Waals surface area contributed by atoms with Crippen LogP contribution < -0.4 is 0 Å². The van der Waals surface area contributed by atoms with Crippen LogP contribution in [0.15, 0.2) is 0 Å². The van der Waals surface area contributed by atoms with Gasteiger partial charge in [-0.15, -0.1) is 0 Å². The second-order valence-corrected chi connectivity index (χ2v) is 4.29. The molecule has 1 saturated heterocycles. The third kappa shape index (κ3) is 2.17. The average Bonchev–Trinajstić information content (AvgIpc) is 2.03. The molecule has 1 aliphatic heterocycles. The monoisotopic (exact) mass is 156 g/mol. The zero-order valence-corrected chi connectivity index (χ0v) is 8.22. The van der Waals surface area contributed by atoms with E-state index in [9.17, 15) is 0 Å². The molecule has 11 heavy (non-hydrogen) atoms. The van der Waals surface area contributed by atoms with E-state index >= 15 is 0 Å². The molecule has 0 bridgehead atoms. The van der Waals surface area contributed by atoms with Crippen molar-refractivity contribution < 1.29 is 0 Å². The fourth-order valence-corrected chi connectivity index (χ4v) is 1.39. The van der Waals surface area contributed by atoms with E-state index in [0.29, 0.717) is 5.54 Å². The number of nitrogens with zero attached hydrogens (tertiary/aromatic N) is 2. The van der Waals surface area contributed by atoms with Gasteiger partial charge in [0.2, 0.25) is 0 Å². The Morgan fingerprint density at radius 2 is 1.64 bits per heavy atom. The van der Waals surface area contributed by atoms with Crippen LogP contribution in [0.1, 0.15) is 20.3 Å². The lowest BCUT2D eigenvalue weighted by Gasteiger charge is -2.33. The maximum absolute atomic E-state index is 2.45. The molecule has 1 fully saturated rings. The van der Waals surface area contributed by atoms with E-state index in [-0.39, 0.29) is 0 Å². The van der Waals surface area contributed by atoms with Crippen LogP contribution in [0.5, 0.6) is 0 Å². The summed E-state index contributed by atoms with van der Waals surface area (Å²) in [6.45, 7) is 8.29. The topological polar surface area (TPSA) is 6.48 Å². The van der Waals surface area contributed by atoms with Crippen molar-refractivity contribution in [2.24, 2.45) is 0 Å². The highest BCUT2D eigenvalue weighted by atomic mass is 15.2. The van der Waals surface area contributed by atoms with E-state index in [4.69, 9.17) is 0 Å². The predicted molar refractivity (Wildman–Crippen MR) is 48.8 cm³/mol. The molecule has 1 rings (SSSR count). The predicted octanol–water partition coefficient (Wildman–Crippen LogP) is 1.03. The first kappa shape index (κ1) is 9.01. The molecule has 0 aromatic heterocycles. The lowest BCUT2D eigenvalue weighted by molar-refractivity contribution is 0.166. The van der Waals surface area contributed by atoms with Crippen LogP contribution >= 0.6 is 0 Å². The lowest BCUT2D eigenvalue weighted by atomic mass is 9.99. The van der Waals surface area contributed by atoms with Crippen LogP contribution in [0, 0.1) is 0 Å². The van der Waals surface area contributed by atoms with Crippen molar-refractivity contribution in [3.05, 3.63) is 0 Å². The molecule has 1 aliphatic rings. The standard InChI is InChI=1S/C9H20N2/c1-9(2)5-6-10(3)7-8-11(9)4/h5-8H2,1-4H3. The Kier molecular flexibility index (Phi) is 2.55. The van der Waals surface area contributed by atoms with Gasteiger partial charge in [0.25, 0.3) is 0 Å². The summed E-state index contributed by atoms with van der Waals surface area (Å²) in [5, 5.41) is 0. The van der Waals surface area contributed by atoms with Crippen molar-refractivity contribution in [2.45, 2.75) is 25.8 Å². The first-order valence-electron chi connectivity index (χ1n) is 4.42. The molecule has 0 saturated carbocycles. The van der Waals surface area contributed by atoms with Crippen LogP contribution in [0.25, 0.3) is 0 Å². The highest BCUT2D eigenvalue weighted by molar-refractivity contribution is 4.83. The Balaban J connectivity index is 2.56. The van der Waals surface area contributed by atoms with Crippen molar-refractivity contribution in [1.82, 2.24) is 9.80 Å². The molecule has 0 aromatic rings. The number of likely N-dealkylation sites (N-methyl/N-ethyl adjacent to an activating group) is 2. The van der Waals surface area contributed by atoms with Gasteiger partial charge >= 0.3 is 0 Å². The molecule has 0 amide bonds. The fraction of sp³-hybridized carbons (Fsp3) is 1.00. The minimum absolute atomic E-state index is 0.394. The maximum atomic E-state index is 2.45. The van der Waals surface area contributed by atoms with Crippen molar-refractivity contribution in [3.63, 3.8) is 0 Å². The summed E-state index contributed by atoms with van der Waals surface area (Å²) in [4.78, 5) is 4.86. The maximum Gasteiger partial charge on any atom is 0.0162 e. The third-order valence-corrected chi connectivity index (χ3v) is 2.96. The van der Waals surface area contributed by atoms with E-state index < -0.39 is 0 Å². The molecule has 0 spiro atoms. The quantitative estimate of drug-likeness (QED) is 0.517. The van der Waals surface area contributed by atoms with Crippen LogP contribution in [0.4, 0.5) is 0 Å². The van der Waals surface area contributed by atoms with Crippen molar-refractivity contribution in [2.75, 3.05) is 33.7 Å². The van der Waals surface area contributed by atoms with Gasteiger partial charge in [-0.1, -0.05) is 0 Å². The largest absolute Gasteiger partial charge is 0.305 e. The van der Waals surface area contributed by atoms with Crippen LogP contribution in [0.2, 0.25) is 0 Å². The fourth-order valence-electron chi connectivity index (χ4n) is 1.39. The molecule has 2 heteroatoms. The molecular formula is C9H20N2. The highest BCUT2D eigenvalue weighted by Crippen LogP contribution is 2.19. The van der Waals surface area contributed by atoms with Crippen molar-refractivity contribution in [3.8, 4) is 0 Å². The highest BCUT2D eigenvalue weighted by Gasteiger charge is 2.26. The smallest absolute Gasteiger partial charge is 0.0162 e. The Labute approximate surface area is 70.2 Å². The molecule has 66 valence electrons. The molecule has 0 radical (unpaired) electrons. The van der Waals surface area contributed by atoms with Gasteiger partial charge in [-0.05, 0) is 40.9 Å². The third-order valence-electron chi connectivity index (χ3n) is 2.96. The van der Waals surface area contributed by atoms with Crippen molar-refractivity contribution in [1.29, 1.82) is 0 Å². The minimum Gasteiger partial charge on any atom is -0.305 e. The summed E-state index contributed by atoms with van der Waals surface area (Å²) in [6.07, 6.45) is 1.28. The second-order valence-electron chi connectivity index (χ2n) is 4.29. The molecule has 0 atom stereocenters.